The molecule has 2 rings (SSSR count). The van der Waals surface area contributed by atoms with Crippen LogP contribution >= 0.6 is 11.3 Å². The summed E-state index contributed by atoms with van der Waals surface area (Å²) < 4.78 is 0. The van der Waals surface area contributed by atoms with Gasteiger partial charge in [-0.25, -0.2) is 4.98 Å². The molecule has 0 aliphatic heterocycles. The summed E-state index contributed by atoms with van der Waals surface area (Å²) in [5.41, 5.74) is 3.52. The van der Waals surface area contributed by atoms with E-state index in [1.54, 1.807) is 23.7 Å². The lowest BCUT2D eigenvalue weighted by Gasteiger charge is -2.04. The van der Waals surface area contributed by atoms with E-state index in [0.717, 1.165) is 11.3 Å². The average Bonchev–Trinajstić information content (AvgIpc) is 2.82. The molecule has 0 spiro atoms. The molecule has 94 valence electrons. The second-order valence-electron chi connectivity index (χ2n) is 3.93. The Kier molecular flexibility index (Phi) is 4.30. The summed E-state index contributed by atoms with van der Waals surface area (Å²) in [6.45, 7) is 0.562. The Labute approximate surface area is 109 Å². The third kappa shape index (κ3) is 3.85. The van der Waals surface area contributed by atoms with Crippen molar-refractivity contribution in [1.29, 1.82) is 0 Å². The quantitative estimate of drug-likeness (QED) is 0.863. The van der Waals surface area contributed by atoms with Crippen molar-refractivity contribution in [3.63, 3.8) is 0 Å². The van der Waals surface area contributed by atoms with Crippen molar-refractivity contribution in [3.8, 4) is 5.75 Å². The van der Waals surface area contributed by atoms with Crippen LogP contribution in [0.25, 0.3) is 0 Å². The molecule has 1 aromatic heterocycles. The van der Waals surface area contributed by atoms with Crippen LogP contribution in [0, 0.1) is 0 Å². The van der Waals surface area contributed by atoms with Crippen LogP contribution in [0.15, 0.2) is 35.2 Å². The van der Waals surface area contributed by atoms with Crippen molar-refractivity contribution in [1.82, 2.24) is 10.3 Å². The molecule has 5 heteroatoms. The first-order valence-electron chi connectivity index (χ1n) is 5.66. The van der Waals surface area contributed by atoms with Gasteiger partial charge >= 0.3 is 0 Å². The molecule has 0 fully saturated rings. The van der Waals surface area contributed by atoms with Gasteiger partial charge in [0.05, 0.1) is 17.6 Å². The highest BCUT2D eigenvalue weighted by Crippen LogP contribution is 2.10. The standard InChI is InChI=1S/C13H14N2O2S/c16-12-3-1-2-10(6-12)4-5-14-13(17)7-11-8-18-9-15-11/h1-3,6,8-9,16H,4-5,7H2,(H,14,17). The number of phenols is 1. The van der Waals surface area contributed by atoms with Crippen LogP contribution in [0.5, 0.6) is 5.75 Å². The zero-order valence-corrected chi connectivity index (χ0v) is 10.6. The second-order valence-corrected chi connectivity index (χ2v) is 4.65. The molecule has 0 aliphatic carbocycles. The number of aromatic hydroxyl groups is 1. The maximum atomic E-state index is 11.6. The number of nitrogens with one attached hydrogen (secondary N) is 1. The van der Waals surface area contributed by atoms with Crippen molar-refractivity contribution in [2.75, 3.05) is 6.54 Å². The Bertz CT molecular complexity index is 511. The smallest absolute Gasteiger partial charge is 0.226 e. The maximum Gasteiger partial charge on any atom is 0.226 e. The van der Waals surface area contributed by atoms with E-state index in [1.165, 1.54) is 11.3 Å². The van der Waals surface area contributed by atoms with Crippen LogP contribution in [0.3, 0.4) is 0 Å². The van der Waals surface area contributed by atoms with Crippen LogP contribution in [-0.4, -0.2) is 22.5 Å². The minimum Gasteiger partial charge on any atom is -0.508 e. The highest BCUT2D eigenvalue weighted by atomic mass is 32.1. The molecule has 0 saturated heterocycles. The molecule has 0 saturated carbocycles. The summed E-state index contributed by atoms with van der Waals surface area (Å²) in [6, 6.07) is 7.05. The van der Waals surface area contributed by atoms with Crippen LogP contribution in [0.4, 0.5) is 0 Å². The number of aromatic nitrogens is 1. The predicted molar refractivity (Wildman–Crippen MR) is 70.6 cm³/mol. The monoisotopic (exact) mass is 262 g/mol. The summed E-state index contributed by atoms with van der Waals surface area (Å²) in [5, 5.41) is 14.0. The van der Waals surface area contributed by atoms with E-state index in [1.807, 2.05) is 11.4 Å². The first-order chi connectivity index (χ1) is 8.74. The summed E-state index contributed by atoms with van der Waals surface area (Å²) in [4.78, 5) is 15.6. The average molecular weight is 262 g/mol. The fourth-order valence-electron chi connectivity index (χ4n) is 1.61. The van der Waals surface area contributed by atoms with Gasteiger partial charge in [0.2, 0.25) is 5.91 Å². The van der Waals surface area contributed by atoms with Crippen molar-refractivity contribution in [3.05, 3.63) is 46.4 Å². The van der Waals surface area contributed by atoms with Gasteiger partial charge in [-0.2, -0.15) is 0 Å². The number of carbonyl (C=O) groups excluding carboxylic acids is 1. The molecule has 2 N–H and O–H groups in total. The van der Waals surface area contributed by atoms with Crippen LogP contribution in [-0.2, 0) is 17.6 Å². The molecule has 1 heterocycles. The Hall–Kier alpha value is -1.88. The summed E-state index contributed by atoms with van der Waals surface area (Å²) >= 11 is 1.48. The fraction of sp³-hybridized carbons (Fsp3) is 0.231. The molecule has 1 aromatic carbocycles. The molecule has 0 aliphatic rings. The number of hydrogen-bond acceptors (Lipinski definition) is 4. The molecule has 4 nitrogen and oxygen atoms in total. The Morgan fingerprint density at radius 1 is 1.44 bits per heavy atom. The molecule has 1 amide bonds. The molecule has 2 aromatic rings. The summed E-state index contributed by atoms with van der Waals surface area (Å²) in [5.74, 6) is 0.224. The third-order valence-corrected chi connectivity index (χ3v) is 3.11. The maximum absolute atomic E-state index is 11.6. The number of benzene rings is 1. The summed E-state index contributed by atoms with van der Waals surface area (Å²) in [7, 11) is 0. The van der Waals surface area contributed by atoms with E-state index in [-0.39, 0.29) is 11.7 Å². The summed E-state index contributed by atoms with van der Waals surface area (Å²) in [6.07, 6.45) is 1.03. The molecular formula is C13H14N2O2S. The molecule has 0 bridgehead atoms. The number of phenolic OH excluding ortho intramolecular Hbond substituents is 1. The number of nitrogens with zero attached hydrogens (tertiary/aromatic N) is 1. The first kappa shape index (κ1) is 12.6. The van der Waals surface area contributed by atoms with Crippen molar-refractivity contribution in [2.24, 2.45) is 0 Å². The van der Waals surface area contributed by atoms with Gasteiger partial charge in [0, 0.05) is 11.9 Å². The minimum absolute atomic E-state index is 0.0268. The SMILES string of the molecule is O=C(Cc1cscn1)NCCc1cccc(O)c1. The lowest BCUT2D eigenvalue weighted by atomic mass is 10.1. The number of rotatable bonds is 5. The van der Waals surface area contributed by atoms with Gasteiger partial charge < -0.3 is 10.4 Å². The Balaban J connectivity index is 1.73. The largest absolute Gasteiger partial charge is 0.508 e. The normalized spacial score (nSPS) is 10.2. The van der Waals surface area contributed by atoms with E-state index in [0.29, 0.717) is 19.4 Å². The highest BCUT2D eigenvalue weighted by Gasteiger charge is 2.04. The topological polar surface area (TPSA) is 62.2 Å². The lowest BCUT2D eigenvalue weighted by molar-refractivity contribution is -0.120. The predicted octanol–water partition coefficient (Wildman–Crippen LogP) is 1.75. The van der Waals surface area contributed by atoms with E-state index < -0.39 is 0 Å². The van der Waals surface area contributed by atoms with Gasteiger partial charge in [-0.15, -0.1) is 11.3 Å². The fourth-order valence-corrected chi connectivity index (χ4v) is 2.17. The highest BCUT2D eigenvalue weighted by molar-refractivity contribution is 7.07. The van der Waals surface area contributed by atoms with Crippen LogP contribution in [0.1, 0.15) is 11.3 Å². The van der Waals surface area contributed by atoms with Gasteiger partial charge in [-0.3, -0.25) is 4.79 Å². The van der Waals surface area contributed by atoms with Crippen molar-refractivity contribution >= 4 is 17.2 Å². The van der Waals surface area contributed by atoms with Crippen molar-refractivity contribution in [2.45, 2.75) is 12.8 Å². The molecule has 18 heavy (non-hydrogen) atoms. The lowest BCUT2D eigenvalue weighted by Crippen LogP contribution is -2.27. The van der Waals surface area contributed by atoms with E-state index >= 15 is 0 Å². The molecular weight excluding hydrogens is 248 g/mol. The van der Waals surface area contributed by atoms with E-state index in [9.17, 15) is 9.90 Å². The Morgan fingerprint density at radius 3 is 3.06 bits per heavy atom. The zero-order valence-electron chi connectivity index (χ0n) is 9.80. The van der Waals surface area contributed by atoms with Gasteiger partial charge in [0.1, 0.15) is 5.75 Å². The first-order valence-corrected chi connectivity index (χ1v) is 6.60. The second kappa shape index (κ2) is 6.16. The molecule has 0 radical (unpaired) electrons. The van der Waals surface area contributed by atoms with Crippen molar-refractivity contribution < 1.29 is 9.90 Å². The minimum atomic E-state index is -0.0268. The number of hydrogen-bond donors (Lipinski definition) is 2. The van der Waals surface area contributed by atoms with Gasteiger partial charge in [-0.05, 0) is 24.1 Å². The number of thiazole rings is 1. The Morgan fingerprint density at radius 2 is 2.33 bits per heavy atom. The number of amides is 1. The van der Waals surface area contributed by atoms with Gasteiger partial charge in [0.25, 0.3) is 0 Å². The van der Waals surface area contributed by atoms with Gasteiger partial charge in [0.15, 0.2) is 0 Å². The zero-order chi connectivity index (χ0) is 12.8. The van der Waals surface area contributed by atoms with Gasteiger partial charge in [-0.1, -0.05) is 12.1 Å². The molecule has 0 unspecified atom stereocenters. The van der Waals surface area contributed by atoms with Crippen LogP contribution in [0.2, 0.25) is 0 Å². The molecule has 0 atom stereocenters. The van der Waals surface area contributed by atoms with E-state index in [4.69, 9.17) is 0 Å². The van der Waals surface area contributed by atoms with E-state index in [2.05, 4.69) is 10.3 Å². The number of carbonyl (C=O) groups is 1. The van der Waals surface area contributed by atoms with Crippen LogP contribution < -0.4 is 5.32 Å². The third-order valence-electron chi connectivity index (χ3n) is 2.47.